The van der Waals surface area contributed by atoms with E-state index in [-0.39, 0.29) is 12.8 Å². The van der Waals surface area contributed by atoms with Crippen LogP contribution in [0.25, 0.3) is 0 Å². The van der Waals surface area contributed by atoms with Gasteiger partial charge in [-0.3, -0.25) is 9.59 Å². The summed E-state index contributed by atoms with van der Waals surface area (Å²) in [6, 6.07) is 0.829. The van der Waals surface area contributed by atoms with Crippen LogP contribution >= 0.6 is 0 Å². The third-order valence-corrected chi connectivity index (χ3v) is 2.64. The zero-order chi connectivity index (χ0) is 16.0. The van der Waals surface area contributed by atoms with Crippen molar-refractivity contribution in [3.05, 3.63) is 35.4 Å². The van der Waals surface area contributed by atoms with Gasteiger partial charge in [0.2, 0.25) is 0 Å². The number of nitrogens with one attached hydrogen (secondary N) is 1. The zero-order valence-electron chi connectivity index (χ0n) is 11.1. The minimum atomic E-state index is -1.42. The van der Waals surface area contributed by atoms with Crippen LogP contribution in [0.1, 0.15) is 23.2 Å². The summed E-state index contributed by atoms with van der Waals surface area (Å²) in [5.41, 5.74) is -0.612. The van der Waals surface area contributed by atoms with Gasteiger partial charge in [-0.25, -0.2) is 13.6 Å². The number of hydrogen-bond acceptors (Lipinski definition) is 4. The zero-order valence-corrected chi connectivity index (χ0v) is 11.1. The Labute approximate surface area is 118 Å². The number of carbonyl (C=O) groups is 3. The van der Waals surface area contributed by atoms with Crippen LogP contribution < -0.4 is 5.32 Å². The summed E-state index contributed by atoms with van der Waals surface area (Å²) >= 11 is 0. The topological polar surface area (TPSA) is 92.7 Å². The molecular weight excluding hydrogens is 288 g/mol. The second kappa shape index (κ2) is 7.32. The molecule has 0 saturated carbocycles. The summed E-state index contributed by atoms with van der Waals surface area (Å²) in [7, 11) is 1.14. The van der Waals surface area contributed by atoms with Gasteiger partial charge in [-0.2, -0.15) is 0 Å². The SMILES string of the molecule is COC(=O)CC[C@@H](NC(=O)c1cc(F)ccc1F)C(=O)O. The fraction of sp³-hybridized carbons (Fsp3) is 0.308. The molecule has 0 bridgehead atoms. The standard InChI is InChI=1S/C13H13F2NO5/c1-21-11(17)5-4-10(13(19)20)16-12(18)8-6-7(14)2-3-9(8)15/h2-3,6,10H,4-5H2,1H3,(H,16,18)(H,19,20)/t10-/m1/s1. The predicted molar refractivity (Wildman–Crippen MR) is 66.5 cm³/mol. The van der Waals surface area contributed by atoms with Crippen LogP contribution in [-0.4, -0.2) is 36.1 Å². The van der Waals surface area contributed by atoms with Crippen molar-refractivity contribution >= 4 is 17.8 Å². The summed E-state index contributed by atoms with van der Waals surface area (Å²) in [6.07, 6.45) is -0.468. The second-order valence-corrected chi connectivity index (χ2v) is 4.10. The van der Waals surface area contributed by atoms with Crippen molar-refractivity contribution in [2.75, 3.05) is 7.11 Å². The number of carbonyl (C=O) groups excluding carboxylic acids is 2. The highest BCUT2D eigenvalue weighted by atomic mass is 19.1. The Bertz CT molecular complexity index is 561. The number of esters is 1. The van der Waals surface area contributed by atoms with Gasteiger partial charge in [-0.15, -0.1) is 0 Å². The maximum atomic E-state index is 13.4. The molecule has 0 radical (unpaired) electrons. The molecule has 6 nitrogen and oxygen atoms in total. The van der Waals surface area contributed by atoms with E-state index in [0.29, 0.717) is 6.07 Å². The molecule has 8 heteroatoms. The molecule has 0 fully saturated rings. The van der Waals surface area contributed by atoms with E-state index in [9.17, 15) is 23.2 Å². The molecule has 2 N–H and O–H groups in total. The first kappa shape index (κ1) is 16.5. The Balaban J connectivity index is 2.79. The first-order chi connectivity index (χ1) is 9.85. The van der Waals surface area contributed by atoms with Gasteiger partial charge >= 0.3 is 11.9 Å². The normalized spacial score (nSPS) is 11.6. The Hall–Kier alpha value is -2.51. The number of benzene rings is 1. The molecule has 0 aromatic heterocycles. The third kappa shape index (κ3) is 4.83. The van der Waals surface area contributed by atoms with Gasteiger partial charge < -0.3 is 15.2 Å². The van der Waals surface area contributed by atoms with Crippen molar-refractivity contribution in [2.24, 2.45) is 0 Å². The predicted octanol–water partition coefficient (Wildman–Crippen LogP) is 1.10. The van der Waals surface area contributed by atoms with Gasteiger partial charge in [-0.1, -0.05) is 0 Å². The van der Waals surface area contributed by atoms with Gasteiger partial charge in [0.1, 0.15) is 17.7 Å². The fourth-order valence-corrected chi connectivity index (χ4v) is 1.53. The van der Waals surface area contributed by atoms with Gasteiger partial charge in [0.05, 0.1) is 12.7 Å². The quantitative estimate of drug-likeness (QED) is 0.768. The average molecular weight is 301 g/mol. The minimum absolute atomic E-state index is 0.231. The van der Waals surface area contributed by atoms with Crippen molar-refractivity contribution < 1.29 is 33.0 Å². The third-order valence-electron chi connectivity index (χ3n) is 2.64. The summed E-state index contributed by atoms with van der Waals surface area (Å²) in [5.74, 6) is -4.94. The lowest BCUT2D eigenvalue weighted by molar-refractivity contribution is -0.142. The molecule has 21 heavy (non-hydrogen) atoms. The largest absolute Gasteiger partial charge is 0.480 e. The average Bonchev–Trinajstić information content (AvgIpc) is 2.44. The molecular formula is C13H13F2NO5. The van der Waals surface area contributed by atoms with E-state index < -0.39 is 41.1 Å². The van der Waals surface area contributed by atoms with Crippen molar-refractivity contribution in [1.82, 2.24) is 5.32 Å². The Morgan fingerprint density at radius 3 is 2.57 bits per heavy atom. The lowest BCUT2D eigenvalue weighted by Crippen LogP contribution is -2.41. The molecule has 0 spiro atoms. The summed E-state index contributed by atoms with van der Waals surface area (Å²) in [6.45, 7) is 0. The molecule has 0 unspecified atom stereocenters. The fourth-order valence-electron chi connectivity index (χ4n) is 1.53. The Morgan fingerprint density at radius 2 is 2.00 bits per heavy atom. The van der Waals surface area contributed by atoms with Crippen LogP contribution in [0.4, 0.5) is 8.78 Å². The number of amides is 1. The molecule has 114 valence electrons. The van der Waals surface area contributed by atoms with E-state index in [1.165, 1.54) is 0 Å². The van der Waals surface area contributed by atoms with Crippen LogP contribution in [0.2, 0.25) is 0 Å². The van der Waals surface area contributed by atoms with Crippen LogP contribution in [0.5, 0.6) is 0 Å². The van der Waals surface area contributed by atoms with Crippen LogP contribution in [0, 0.1) is 11.6 Å². The molecule has 1 atom stereocenters. The smallest absolute Gasteiger partial charge is 0.326 e. The Morgan fingerprint density at radius 1 is 1.33 bits per heavy atom. The number of carboxylic acid groups (broad SMARTS) is 1. The van der Waals surface area contributed by atoms with E-state index in [1.54, 1.807) is 0 Å². The van der Waals surface area contributed by atoms with E-state index in [4.69, 9.17) is 5.11 Å². The first-order valence-electron chi connectivity index (χ1n) is 5.90. The van der Waals surface area contributed by atoms with E-state index in [0.717, 1.165) is 19.2 Å². The number of methoxy groups -OCH3 is 1. The molecule has 0 heterocycles. The van der Waals surface area contributed by atoms with Gasteiger partial charge in [0.25, 0.3) is 5.91 Å². The number of halogens is 2. The van der Waals surface area contributed by atoms with E-state index >= 15 is 0 Å². The van der Waals surface area contributed by atoms with Gasteiger partial charge in [-0.05, 0) is 24.6 Å². The lowest BCUT2D eigenvalue weighted by atomic mass is 10.1. The monoisotopic (exact) mass is 301 g/mol. The van der Waals surface area contributed by atoms with Crippen LogP contribution in [0.15, 0.2) is 18.2 Å². The molecule has 1 rings (SSSR count). The molecule has 1 aromatic rings. The van der Waals surface area contributed by atoms with E-state index in [2.05, 4.69) is 4.74 Å². The molecule has 1 aromatic carbocycles. The lowest BCUT2D eigenvalue weighted by Gasteiger charge is -2.14. The maximum Gasteiger partial charge on any atom is 0.326 e. The van der Waals surface area contributed by atoms with Crippen LogP contribution in [-0.2, 0) is 14.3 Å². The van der Waals surface area contributed by atoms with Crippen LogP contribution in [0.3, 0.4) is 0 Å². The minimum Gasteiger partial charge on any atom is -0.480 e. The molecule has 0 aliphatic carbocycles. The summed E-state index contributed by atoms with van der Waals surface area (Å²) < 4.78 is 30.7. The van der Waals surface area contributed by atoms with Crippen molar-refractivity contribution in [1.29, 1.82) is 0 Å². The highest BCUT2D eigenvalue weighted by Gasteiger charge is 2.23. The van der Waals surface area contributed by atoms with Gasteiger partial charge in [0, 0.05) is 6.42 Å². The Kier molecular flexibility index (Phi) is 5.77. The molecule has 0 aliphatic rings. The molecule has 0 saturated heterocycles. The second-order valence-electron chi connectivity index (χ2n) is 4.10. The number of ether oxygens (including phenoxy) is 1. The number of aliphatic carboxylic acids is 1. The summed E-state index contributed by atoms with van der Waals surface area (Å²) in [4.78, 5) is 33.7. The van der Waals surface area contributed by atoms with E-state index in [1.807, 2.05) is 5.32 Å². The highest BCUT2D eigenvalue weighted by molar-refractivity contribution is 5.96. The van der Waals surface area contributed by atoms with Crippen molar-refractivity contribution in [3.8, 4) is 0 Å². The number of rotatable bonds is 6. The molecule has 0 aliphatic heterocycles. The molecule has 1 amide bonds. The number of carboxylic acids is 1. The highest BCUT2D eigenvalue weighted by Crippen LogP contribution is 2.10. The summed E-state index contributed by atoms with van der Waals surface area (Å²) in [5, 5.41) is 11.0. The maximum absolute atomic E-state index is 13.4. The van der Waals surface area contributed by atoms with Crippen molar-refractivity contribution in [2.45, 2.75) is 18.9 Å². The van der Waals surface area contributed by atoms with Gasteiger partial charge in [0.15, 0.2) is 0 Å². The first-order valence-corrected chi connectivity index (χ1v) is 5.90. The van der Waals surface area contributed by atoms with Crippen molar-refractivity contribution in [3.63, 3.8) is 0 Å². The number of hydrogen-bond donors (Lipinski definition) is 2.